The van der Waals surface area contributed by atoms with E-state index in [4.69, 9.17) is 4.74 Å². The highest BCUT2D eigenvalue weighted by molar-refractivity contribution is 6.04. The average molecular weight is 321 g/mol. The molecule has 2 atom stereocenters. The minimum atomic E-state index is -0.836. The first kappa shape index (κ1) is 14.9. The van der Waals surface area contributed by atoms with Gasteiger partial charge in [0.2, 0.25) is 0 Å². The summed E-state index contributed by atoms with van der Waals surface area (Å²) in [7, 11) is 0. The number of hydrogen-bond acceptors (Lipinski definition) is 3. The fourth-order valence-corrected chi connectivity index (χ4v) is 3.81. The topological polar surface area (TPSA) is 46.6 Å². The van der Waals surface area contributed by atoms with Crippen LogP contribution in [0.2, 0.25) is 0 Å². The Morgan fingerprint density at radius 3 is 2.62 bits per heavy atom. The lowest BCUT2D eigenvalue weighted by Crippen LogP contribution is -2.51. The van der Waals surface area contributed by atoms with Crippen LogP contribution in [0, 0.1) is 0 Å². The molecule has 122 valence electrons. The lowest BCUT2D eigenvalue weighted by Gasteiger charge is -2.35. The molecule has 2 unspecified atom stereocenters. The Morgan fingerprint density at radius 1 is 1.17 bits per heavy atom. The average Bonchev–Trinajstić information content (AvgIpc) is 3.37. The number of fused-ring (bicyclic) bond motifs is 3. The molecule has 2 aliphatic rings. The SMILES string of the molecule is CCOC(=O)C12CC1c1ccccc1C(=O)N2Cc1ccccc1. The van der Waals surface area contributed by atoms with Crippen LogP contribution < -0.4 is 0 Å². The zero-order valence-corrected chi connectivity index (χ0v) is 13.6. The van der Waals surface area contributed by atoms with Gasteiger partial charge in [-0.25, -0.2) is 4.79 Å². The molecule has 1 amide bonds. The molecule has 1 saturated carbocycles. The van der Waals surface area contributed by atoms with E-state index >= 15 is 0 Å². The van der Waals surface area contributed by atoms with Gasteiger partial charge in [0.15, 0.2) is 0 Å². The molecule has 4 nitrogen and oxygen atoms in total. The van der Waals surface area contributed by atoms with Crippen LogP contribution in [0.4, 0.5) is 0 Å². The normalized spacial score (nSPS) is 24.1. The quantitative estimate of drug-likeness (QED) is 0.813. The number of ether oxygens (including phenoxy) is 1. The summed E-state index contributed by atoms with van der Waals surface area (Å²) in [6.07, 6.45) is 0.640. The van der Waals surface area contributed by atoms with E-state index in [1.54, 1.807) is 11.8 Å². The lowest BCUT2D eigenvalue weighted by atomic mass is 9.93. The first-order chi connectivity index (χ1) is 11.7. The zero-order valence-electron chi connectivity index (χ0n) is 13.6. The van der Waals surface area contributed by atoms with Gasteiger partial charge in [0.25, 0.3) is 5.91 Å². The fourth-order valence-electron chi connectivity index (χ4n) is 3.81. The van der Waals surface area contributed by atoms with Crippen molar-refractivity contribution in [3.63, 3.8) is 0 Å². The molecule has 24 heavy (non-hydrogen) atoms. The first-order valence-electron chi connectivity index (χ1n) is 8.30. The van der Waals surface area contributed by atoms with E-state index in [1.807, 2.05) is 54.6 Å². The summed E-state index contributed by atoms with van der Waals surface area (Å²) in [6.45, 7) is 2.54. The van der Waals surface area contributed by atoms with Crippen LogP contribution in [-0.4, -0.2) is 28.9 Å². The van der Waals surface area contributed by atoms with Crippen LogP contribution in [0.15, 0.2) is 54.6 Å². The molecule has 0 N–H and O–H groups in total. The number of carbonyl (C=O) groups excluding carboxylic acids is 2. The standard InChI is InChI=1S/C20H19NO3/c1-2-24-19(23)20-12-17(20)15-10-6-7-11-16(15)18(22)21(20)13-14-8-4-3-5-9-14/h3-11,17H,2,12-13H2,1H3. The smallest absolute Gasteiger partial charge is 0.332 e. The molecule has 0 radical (unpaired) electrons. The summed E-state index contributed by atoms with van der Waals surface area (Å²) in [5.41, 5.74) is 1.85. The van der Waals surface area contributed by atoms with Gasteiger partial charge in [0.05, 0.1) is 6.61 Å². The van der Waals surface area contributed by atoms with Gasteiger partial charge in [0, 0.05) is 18.0 Å². The van der Waals surface area contributed by atoms with E-state index in [9.17, 15) is 9.59 Å². The van der Waals surface area contributed by atoms with Gasteiger partial charge >= 0.3 is 5.97 Å². The Balaban J connectivity index is 1.77. The number of carbonyl (C=O) groups is 2. The summed E-state index contributed by atoms with van der Waals surface area (Å²) in [6, 6.07) is 17.4. The van der Waals surface area contributed by atoms with E-state index in [1.165, 1.54) is 0 Å². The van der Waals surface area contributed by atoms with Gasteiger partial charge in [-0.1, -0.05) is 48.5 Å². The number of benzene rings is 2. The largest absolute Gasteiger partial charge is 0.464 e. The molecule has 0 bridgehead atoms. The van der Waals surface area contributed by atoms with Gasteiger partial charge in [-0.15, -0.1) is 0 Å². The number of nitrogens with zero attached hydrogens (tertiary/aromatic N) is 1. The summed E-state index contributed by atoms with van der Waals surface area (Å²) in [4.78, 5) is 27.5. The van der Waals surface area contributed by atoms with Gasteiger partial charge in [-0.05, 0) is 30.5 Å². The molecule has 0 saturated heterocycles. The molecule has 4 heteroatoms. The van der Waals surface area contributed by atoms with Crippen LogP contribution >= 0.6 is 0 Å². The van der Waals surface area contributed by atoms with Gasteiger partial charge in [-0.3, -0.25) is 4.79 Å². The van der Waals surface area contributed by atoms with Crippen molar-refractivity contribution in [1.82, 2.24) is 4.90 Å². The summed E-state index contributed by atoms with van der Waals surface area (Å²) < 4.78 is 5.32. The van der Waals surface area contributed by atoms with Crippen LogP contribution in [0.3, 0.4) is 0 Å². The summed E-state index contributed by atoms with van der Waals surface area (Å²) in [5, 5.41) is 0. The van der Waals surface area contributed by atoms with E-state index in [0.717, 1.165) is 11.1 Å². The van der Waals surface area contributed by atoms with Crippen molar-refractivity contribution in [2.75, 3.05) is 6.61 Å². The van der Waals surface area contributed by atoms with Crippen molar-refractivity contribution in [3.8, 4) is 0 Å². The first-order valence-corrected chi connectivity index (χ1v) is 8.30. The Kier molecular flexibility index (Phi) is 3.41. The maximum atomic E-state index is 13.1. The Bertz CT molecular complexity index is 802. The van der Waals surface area contributed by atoms with Crippen molar-refractivity contribution in [1.29, 1.82) is 0 Å². The maximum absolute atomic E-state index is 13.1. The molecule has 4 rings (SSSR count). The Labute approximate surface area is 141 Å². The van der Waals surface area contributed by atoms with E-state index in [-0.39, 0.29) is 17.8 Å². The molecule has 1 fully saturated rings. The summed E-state index contributed by atoms with van der Waals surface area (Å²) in [5.74, 6) is -0.334. The minimum absolute atomic E-state index is 0.0363. The summed E-state index contributed by atoms with van der Waals surface area (Å²) >= 11 is 0. The maximum Gasteiger partial charge on any atom is 0.332 e. The number of rotatable bonds is 4. The van der Waals surface area contributed by atoms with Crippen LogP contribution in [0.5, 0.6) is 0 Å². The number of esters is 1. The monoisotopic (exact) mass is 321 g/mol. The molecular formula is C20H19NO3. The van der Waals surface area contributed by atoms with E-state index in [0.29, 0.717) is 25.1 Å². The Hall–Kier alpha value is -2.62. The van der Waals surface area contributed by atoms with Crippen molar-refractivity contribution in [2.45, 2.75) is 31.3 Å². The molecule has 1 heterocycles. The zero-order chi connectivity index (χ0) is 16.7. The number of amides is 1. The predicted octanol–water partition coefficient (Wildman–Crippen LogP) is 3.13. The molecule has 2 aromatic carbocycles. The highest BCUT2D eigenvalue weighted by Crippen LogP contribution is 2.60. The van der Waals surface area contributed by atoms with Gasteiger partial charge in [0.1, 0.15) is 5.54 Å². The van der Waals surface area contributed by atoms with E-state index < -0.39 is 5.54 Å². The second-order valence-electron chi connectivity index (χ2n) is 6.37. The highest BCUT2D eigenvalue weighted by Gasteiger charge is 2.69. The Morgan fingerprint density at radius 2 is 1.88 bits per heavy atom. The third-order valence-corrected chi connectivity index (χ3v) is 5.04. The highest BCUT2D eigenvalue weighted by atomic mass is 16.5. The molecule has 1 aliphatic carbocycles. The van der Waals surface area contributed by atoms with Crippen LogP contribution in [0.25, 0.3) is 0 Å². The van der Waals surface area contributed by atoms with Crippen molar-refractivity contribution in [2.24, 2.45) is 0 Å². The van der Waals surface area contributed by atoms with E-state index in [2.05, 4.69) is 0 Å². The minimum Gasteiger partial charge on any atom is -0.464 e. The second-order valence-corrected chi connectivity index (χ2v) is 6.37. The van der Waals surface area contributed by atoms with Crippen molar-refractivity contribution in [3.05, 3.63) is 71.3 Å². The lowest BCUT2D eigenvalue weighted by molar-refractivity contribution is -0.151. The number of hydrogen-bond donors (Lipinski definition) is 0. The van der Waals surface area contributed by atoms with Crippen LogP contribution in [0.1, 0.15) is 40.7 Å². The third-order valence-electron chi connectivity index (χ3n) is 5.04. The molecule has 2 aromatic rings. The molecule has 0 aromatic heterocycles. The molecule has 0 spiro atoms. The van der Waals surface area contributed by atoms with Gasteiger partial charge in [-0.2, -0.15) is 0 Å². The third kappa shape index (κ3) is 2.06. The van der Waals surface area contributed by atoms with Crippen molar-refractivity contribution >= 4 is 11.9 Å². The predicted molar refractivity (Wildman–Crippen MR) is 89.5 cm³/mol. The fraction of sp³-hybridized carbons (Fsp3) is 0.300. The molecular weight excluding hydrogens is 302 g/mol. The van der Waals surface area contributed by atoms with Gasteiger partial charge < -0.3 is 9.64 Å². The second kappa shape index (κ2) is 5.48. The molecule has 1 aliphatic heterocycles. The van der Waals surface area contributed by atoms with Crippen LogP contribution in [-0.2, 0) is 16.1 Å². The van der Waals surface area contributed by atoms with Crippen molar-refractivity contribution < 1.29 is 14.3 Å².